The number of carbonyl (C=O) groups excluding carboxylic acids is 1. The van der Waals surface area contributed by atoms with E-state index in [1.54, 1.807) is 31.2 Å². The Morgan fingerprint density at radius 2 is 1.89 bits per heavy atom. The van der Waals surface area contributed by atoms with Crippen molar-refractivity contribution in [2.24, 2.45) is 5.92 Å². The Kier molecular flexibility index (Phi) is 4.70. The number of likely N-dealkylation sites (tertiary alicyclic amines) is 1. The maximum atomic E-state index is 12.3. The SMILES string of the molecule is CC1CCN(C(=O)[C@H](C)Oc2ccc(Cl)cc2)CC1. The predicted octanol–water partition coefficient (Wildman–Crippen LogP) is 3.37. The highest BCUT2D eigenvalue weighted by Crippen LogP contribution is 2.20. The number of rotatable bonds is 3. The van der Waals surface area contributed by atoms with Gasteiger partial charge in [-0.05, 0) is 49.9 Å². The zero-order valence-corrected chi connectivity index (χ0v) is 12.2. The smallest absolute Gasteiger partial charge is 0.263 e. The fourth-order valence-corrected chi connectivity index (χ4v) is 2.38. The molecule has 1 aliphatic heterocycles. The molecule has 0 N–H and O–H groups in total. The van der Waals surface area contributed by atoms with Crippen LogP contribution in [0.1, 0.15) is 26.7 Å². The second-order valence-electron chi connectivity index (χ2n) is 5.22. The third-order valence-electron chi connectivity index (χ3n) is 3.57. The molecule has 0 aromatic heterocycles. The summed E-state index contributed by atoms with van der Waals surface area (Å²) in [4.78, 5) is 14.2. The van der Waals surface area contributed by atoms with Crippen LogP contribution in [-0.2, 0) is 4.79 Å². The van der Waals surface area contributed by atoms with Gasteiger partial charge in [-0.3, -0.25) is 4.79 Å². The largest absolute Gasteiger partial charge is 0.481 e. The van der Waals surface area contributed by atoms with E-state index in [1.165, 1.54) is 0 Å². The minimum Gasteiger partial charge on any atom is -0.481 e. The summed E-state index contributed by atoms with van der Waals surface area (Å²) in [5, 5.41) is 0.663. The van der Waals surface area contributed by atoms with Gasteiger partial charge in [0, 0.05) is 18.1 Å². The zero-order valence-electron chi connectivity index (χ0n) is 11.4. The van der Waals surface area contributed by atoms with Crippen molar-refractivity contribution in [3.05, 3.63) is 29.3 Å². The summed E-state index contributed by atoms with van der Waals surface area (Å²) in [7, 11) is 0. The van der Waals surface area contributed by atoms with Gasteiger partial charge in [0.15, 0.2) is 6.10 Å². The number of ether oxygens (including phenoxy) is 1. The normalized spacial score (nSPS) is 18.2. The van der Waals surface area contributed by atoms with Crippen LogP contribution in [0.3, 0.4) is 0 Å². The van der Waals surface area contributed by atoms with Gasteiger partial charge in [-0.25, -0.2) is 0 Å². The van der Waals surface area contributed by atoms with Gasteiger partial charge < -0.3 is 9.64 Å². The summed E-state index contributed by atoms with van der Waals surface area (Å²) < 4.78 is 5.66. The molecular weight excluding hydrogens is 262 g/mol. The van der Waals surface area contributed by atoms with Crippen LogP contribution in [0.4, 0.5) is 0 Å². The summed E-state index contributed by atoms with van der Waals surface area (Å²) in [6.45, 7) is 5.72. The molecule has 104 valence electrons. The molecule has 1 heterocycles. The maximum absolute atomic E-state index is 12.3. The van der Waals surface area contributed by atoms with E-state index in [0.29, 0.717) is 10.8 Å². The molecule has 0 unspecified atom stereocenters. The lowest BCUT2D eigenvalue weighted by Gasteiger charge is -2.32. The average molecular weight is 282 g/mol. The van der Waals surface area contributed by atoms with Crippen molar-refractivity contribution in [3.8, 4) is 5.75 Å². The highest BCUT2D eigenvalue weighted by atomic mass is 35.5. The Labute approximate surface area is 119 Å². The Morgan fingerprint density at radius 3 is 2.47 bits per heavy atom. The van der Waals surface area contributed by atoms with Gasteiger partial charge in [0.25, 0.3) is 5.91 Å². The lowest BCUT2D eigenvalue weighted by molar-refractivity contribution is -0.139. The second-order valence-corrected chi connectivity index (χ2v) is 5.66. The van der Waals surface area contributed by atoms with E-state index >= 15 is 0 Å². The average Bonchev–Trinajstić information content (AvgIpc) is 2.41. The number of hydrogen-bond acceptors (Lipinski definition) is 2. The van der Waals surface area contributed by atoms with E-state index in [-0.39, 0.29) is 5.91 Å². The molecule has 0 saturated carbocycles. The summed E-state index contributed by atoms with van der Waals surface area (Å²) in [5.74, 6) is 1.47. The molecule has 3 nitrogen and oxygen atoms in total. The van der Waals surface area contributed by atoms with Crippen LogP contribution < -0.4 is 4.74 Å². The Hall–Kier alpha value is -1.22. The van der Waals surface area contributed by atoms with Crippen molar-refractivity contribution in [3.63, 3.8) is 0 Å². The Balaban J connectivity index is 1.90. The van der Waals surface area contributed by atoms with Crippen molar-refractivity contribution < 1.29 is 9.53 Å². The Morgan fingerprint density at radius 1 is 1.32 bits per heavy atom. The van der Waals surface area contributed by atoms with Crippen LogP contribution in [0.2, 0.25) is 5.02 Å². The summed E-state index contributed by atoms with van der Waals surface area (Å²) in [6.07, 6.45) is 1.72. The fraction of sp³-hybridized carbons (Fsp3) is 0.533. The first-order chi connectivity index (χ1) is 9.06. The van der Waals surface area contributed by atoms with Crippen molar-refractivity contribution in [2.45, 2.75) is 32.8 Å². The first-order valence-electron chi connectivity index (χ1n) is 6.77. The number of hydrogen-bond donors (Lipinski definition) is 0. The molecule has 0 radical (unpaired) electrons. The van der Waals surface area contributed by atoms with Crippen LogP contribution in [0.15, 0.2) is 24.3 Å². The summed E-state index contributed by atoms with van der Waals surface area (Å²) in [6, 6.07) is 7.09. The van der Waals surface area contributed by atoms with E-state index in [4.69, 9.17) is 16.3 Å². The predicted molar refractivity (Wildman–Crippen MR) is 76.5 cm³/mol. The van der Waals surface area contributed by atoms with Gasteiger partial charge in [0.05, 0.1) is 0 Å². The number of halogens is 1. The molecule has 2 rings (SSSR count). The van der Waals surface area contributed by atoms with Gasteiger partial charge in [-0.1, -0.05) is 18.5 Å². The van der Waals surface area contributed by atoms with Crippen LogP contribution in [-0.4, -0.2) is 30.0 Å². The number of nitrogens with zero attached hydrogens (tertiary/aromatic N) is 1. The molecule has 1 aliphatic rings. The van der Waals surface area contributed by atoms with E-state index in [2.05, 4.69) is 6.92 Å². The quantitative estimate of drug-likeness (QED) is 0.850. The van der Waals surface area contributed by atoms with E-state index < -0.39 is 6.10 Å². The van der Waals surface area contributed by atoms with E-state index in [9.17, 15) is 4.79 Å². The topological polar surface area (TPSA) is 29.5 Å². The zero-order chi connectivity index (χ0) is 13.8. The van der Waals surface area contributed by atoms with Crippen LogP contribution in [0.25, 0.3) is 0 Å². The van der Waals surface area contributed by atoms with Crippen molar-refractivity contribution in [1.29, 1.82) is 0 Å². The molecule has 4 heteroatoms. The number of piperidine rings is 1. The lowest BCUT2D eigenvalue weighted by Crippen LogP contribution is -2.44. The number of amides is 1. The second kappa shape index (κ2) is 6.29. The van der Waals surface area contributed by atoms with E-state index in [1.807, 2.05) is 4.90 Å². The standard InChI is InChI=1S/C15H20ClNO2/c1-11-7-9-17(10-8-11)15(18)12(2)19-14-5-3-13(16)4-6-14/h3-6,11-12H,7-10H2,1-2H3/t12-/m0/s1. The monoisotopic (exact) mass is 281 g/mol. The van der Waals surface area contributed by atoms with Gasteiger partial charge in [0.2, 0.25) is 0 Å². The van der Waals surface area contributed by atoms with Crippen LogP contribution in [0.5, 0.6) is 5.75 Å². The molecule has 0 bridgehead atoms. The maximum Gasteiger partial charge on any atom is 0.263 e. The van der Waals surface area contributed by atoms with Crippen LogP contribution >= 0.6 is 11.6 Å². The molecule has 1 aromatic rings. The van der Waals surface area contributed by atoms with Crippen molar-refractivity contribution in [2.75, 3.05) is 13.1 Å². The Bertz CT molecular complexity index is 424. The minimum atomic E-state index is -0.449. The molecule has 1 amide bonds. The van der Waals surface area contributed by atoms with E-state index in [0.717, 1.165) is 31.8 Å². The molecule has 1 aromatic carbocycles. The molecule has 19 heavy (non-hydrogen) atoms. The van der Waals surface area contributed by atoms with Gasteiger partial charge in [0.1, 0.15) is 5.75 Å². The summed E-state index contributed by atoms with van der Waals surface area (Å²) >= 11 is 5.82. The molecule has 0 aliphatic carbocycles. The van der Waals surface area contributed by atoms with Gasteiger partial charge in [-0.15, -0.1) is 0 Å². The molecule has 1 fully saturated rings. The lowest BCUT2D eigenvalue weighted by atomic mass is 9.99. The first-order valence-corrected chi connectivity index (χ1v) is 7.15. The fourth-order valence-electron chi connectivity index (χ4n) is 2.25. The van der Waals surface area contributed by atoms with Crippen LogP contribution in [0, 0.1) is 5.92 Å². The molecule has 0 spiro atoms. The third kappa shape index (κ3) is 3.87. The first kappa shape index (κ1) is 14.2. The number of carbonyl (C=O) groups is 1. The highest BCUT2D eigenvalue weighted by Gasteiger charge is 2.25. The third-order valence-corrected chi connectivity index (χ3v) is 3.82. The van der Waals surface area contributed by atoms with Crippen molar-refractivity contribution >= 4 is 17.5 Å². The summed E-state index contributed by atoms with van der Waals surface area (Å²) in [5.41, 5.74) is 0. The molecule has 1 atom stereocenters. The number of benzene rings is 1. The molecule has 1 saturated heterocycles. The van der Waals surface area contributed by atoms with Gasteiger partial charge in [-0.2, -0.15) is 0 Å². The minimum absolute atomic E-state index is 0.0712. The molecular formula is C15H20ClNO2. The van der Waals surface area contributed by atoms with Crippen molar-refractivity contribution in [1.82, 2.24) is 4.90 Å². The highest BCUT2D eigenvalue weighted by molar-refractivity contribution is 6.30. The van der Waals surface area contributed by atoms with Gasteiger partial charge >= 0.3 is 0 Å².